The number of urea groups is 1. The fourth-order valence-corrected chi connectivity index (χ4v) is 4.48. The van der Waals surface area contributed by atoms with Crippen LogP contribution >= 0.6 is 22.9 Å². The van der Waals surface area contributed by atoms with Crippen molar-refractivity contribution in [1.82, 2.24) is 15.1 Å². The van der Waals surface area contributed by atoms with Crippen molar-refractivity contribution in [1.29, 1.82) is 0 Å². The summed E-state index contributed by atoms with van der Waals surface area (Å²) in [4.78, 5) is 27.3. The molecule has 3 amide bonds. The maximum atomic E-state index is 12.9. The summed E-state index contributed by atoms with van der Waals surface area (Å²) in [6.45, 7) is 4.77. The first-order valence-corrected chi connectivity index (χ1v) is 11.7. The first kappa shape index (κ1) is 22.2. The maximum absolute atomic E-state index is 12.9. The van der Waals surface area contributed by atoms with Crippen molar-refractivity contribution in [2.24, 2.45) is 0 Å². The van der Waals surface area contributed by atoms with Gasteiger partial charge in [-0.2, -0.15) is 0 Å². The maximum Gasteiger partial charge on any atom is 0.322 e. The fraction of sp³-hybridized carbons (Fsp3) is 0.304. The van der Waals surface area contributed by atoms with Gasteiger partial charge in [-0.15, -0.1) is 10.2 Å². The van der Waals surface area contributed by atoms with Gasteiger partial charge in [0.2, 0.25) is 11.0 Å². The standard InChI is InChI=1S/C23H24ClN5O2S/c1-14(2)15-7-11-18(12-8-15)25-23(31)29-13-3-4-19(29)20(30)26-22-28-27-21(32-22)16-5-9-17(24)10-6-16/h5-12,14,19H,3-4,13H2,1-2H3,(H,25,31)(H,26,28,30). The molecule has 2 heterocycles. The first-order chi connectivity index (χ1) is 15.4. The molecular weight excluding hydrogens is 446 g/mol. The molecule has 0 radical (unpaired) electrons. The Morgan fingerprint density at radius 2 is 1.78 bits per heavy atom. The lowest BCUT2D eigenvalue weighted by Crippen LogP contribution is -2.45. The number of aromatic nitrogens is 2. The number of benzene rings is 2. The summed E-state index contributed by atoms with van der Waals surface area (Å²) in [5.41, 5.74) is 2.79. The summed E-state index contributed by atoms with van der Waals surface area (Å²) in [5.74, 6) is 0.165. The molecule has 7 nitrogen and oxygen atoms in total. The zero-order valence-corrected chi connectivity index (χ0v) is 19.4. The Hall–Kier alpha value is -2.97. The molecular formula is C23H24ClN5O2S. The molecule has 1 aliphatic heterocycles. The van der Waals surface area contributed by atoms with Gasteiger partial charge < -0.3 is 10.2 Å². The first-order valence-electron chi connectivity index (χ1n) is 10.5. The zero-order chi connectivity index (χ0) is 22.7. The average molecular weight is 470 g/mol. The van der Waals surface area contributed by atoms with Crippen molar-refractivity contribution in [2.45, 2.75) is 38.6 Å². The number of nitrogens with zero attached hydrogens (tertiary/aromatic N) is 3. The normalized spacial score (nSPS) is 15.8. The molecule has 1 saturated heterocycles. The Bertz CT molecular complexity index is 1100. The third-order valence-electron chi connectivity index (χ3n) is 5.39. The van der Waals surface area contributed by atoms with Crippen LogP contribution in [0.4, 0.5) is 15.6 Å². The summed E-state index contributed by atoms with van der Waals surface area (Å²) >= 11 is 7.21. The Morgan fingerprint density at radius 3 is 2.47 bits per heavy atom. The van der Waals surface area contributed by atoms with Crippen LogP contribution in [0.2, 0.25) is 5.02 Å². The highest BCUT2D eigenvalue weighted by Crippen LogP contribution is 2.28. The molecule has 3 aromatic rings. The molecule has 1 fully saturated rings. The Morgan fingerprint density at radius 1 is 1.06 bits per heavy atom. The second-order valence-electron chi connectivity index (χ2n) is 7.97. The molecule has 1 atom stereocenters. The van der Waals surface area contributed by atoms with Crippen molar-refractivity contribution in [3.63, 3.8) is 0 Å². The highest BCUT2D eigenvalue weighted by molar-refractivity contribution is 7.18. The van der Waals surface area contributed by atoms with Crippen LogP contribution in [-0.4, -0.2) is 39.6 Å². The van der Waals surface area contributed by atoms with Crippen molar-refractivity contribution in [3.8, 4) is 10.6 Å². The monoisotopic (exact) mass is 469 g/mol. The molecule has 9 heteroatoms. The number of likely N-dealkylation sites (tertiary alicyclic amines) is 1. The van der Waals surface area contributed by atoms with Gasteiger partial charge in [0, 0.05) is 22.8 Å². The molecule has 1 aromatic heterocycles. The SMILES string of the molecule is CC(C)c1ccc(NC(=O)N2CCCC2C(=O)Nc2nnc(-c3ccc(Cl)cc3)s2)cc1. The van der Waals surface area contributed by atoms with E-state index in [1.807, 2.05) is 36.4 Å². The molecule has 1 unspecified atom stereocenters. The lowest BCUT2D eigenvalue weighted by molar-refractivity contribution is -0.119. The number of halogens is 1. The highest BCUT2D eigenvalue weighted by Gasteiger charge is 2.34. The van der Waals surface area contributed by atoms with E-state index in [9.17, 15) is 9.59 Å². The van der Waals surface area contributed by atoms with Gasteiger partial charge in [0.1, 0.15) is 11.0 Å². The minimum Gasteiger partial charge on any atom is -0.312 e. The van der Waals surface area contributed by atoms with Gasteiger partial charge in [0.25, 0.3) is 0 Å². The van der Waals surface area contributed by atoms with E-state index in [-0.39, 0.29) is 11.9 Å². The topological polar surface area (TPSA) is 87.2 Å². The van der Waals surface area contributed by atoms with E-state index >= 15 is 0 Å². The number of hydrogen-bond donors (Lipinski definition) is 2. The predicted octanol–water partition coefficient (Wildman–Crippen LogP) is 5.62. The van der Waals surface area contributed by atoms with Crippen LogP contribution in [0.1, 0.15) is 38.2 Å². The third-order valence-corrected chi connectivity index (χ3v) is 6.53. The molecule has 2 aromatic carbocycles. The van der Waals surface area contributed by atoms with Crippen LogP contribution in [0, 0.1) is 0 Å². The van der Waals surface area contributed by atoms with Crippen LogP contribution in [0.5, 0.6) is 0 Å². The highest BCUT2D eigenvalue weighted by atomic mass is 35.5. The Kier molecular flexibility index (Phi) is 6.72. The summed E-state index contributed by atoms with van der Waals surface area (Å²) in [5, 5.41) is 15.6. The molecule has 2 N–H and O–H groups in total. The number of nitrogens with one attached hydrogen (secondary N) is 2. The number of amides is 3. The number of rotatable bonds is 5. The summed E-state index contributed by atoms with van der Waals surface area (Å²) in [7, 11) is 0. The quantitative estimate of drug-likeness (QED) is 0.507. The van der Waals surface area contributed by atoms with Crippen LogP contribution in [0.25, 0.3) is 10.6 Å². The second-order valence-corrected chi connectivity index (χ2v) is 9.38. The van der Waals surface area contributed by atoms with Crippen LogP contribution < -0.4 is 10.6 Å². The van der Waals surface area contributed by atoms with Crippen molar-refractivity contribution >= 4 is 45.7 Å². The van der Waals surface area contributed by atoms with Crippen molar-refractivity contribution in [3.05, 3.63) is 59.1 Å². The molecule has 166 valence electrons. The Balaban J connectivity index is 1.39. The van der Waals surface area contributed by atoms with E-state index in [1.165, 1.54) is 16.9 Å². The van der Waals surface area contributed by atoms with E-state index < -0.39 is 6.04 Å². The van der Waals surface area contributed by atoms with Gasteiger partial charge in [0.15, 0.2) is 0 Å². The Labute approximate surface area is 195 Å². The van der Waals surface area contributed by atoms with Gasteiger partial charge in [-0.25, -0.2) is 4.79 Å². The molecule has 0 bridgehead atoms. The van der Waals surface area contributed by atoms with Gasteiger partial charge in [-0.1, -0.05) is 61.1 Å². The van der Waals surface area contributed by atoms with Gasteiger partial charge in [-0.05, 0) is 48.6 Å². The number of carbonyl (C=O) groups is 2. The van der Waals surface area contributed by atoms with E-state index in [1.54, 1.807) is 17.0 Å². The molecule has 1 aliphatic rings. The van der Waals surface area contributed by atoms with Crippen LogP contribution in [0.15, 0.2) is 48.5 Å². The predicted molar refractivity (Wildman–Crippen MR) is 128 cm³/mol. The zero-order valence-electron chi connectivity index (χ0n) is 17.8. The molecule has 32 heavy (non-hydrogen) atoms. The largest absolute Gasteiger partial charge is 0.322 e. The minimum absolute atomic E-state index is 0.258. The van der Waals surface area contributed by atoms with Crippen molar-refractivity contribution in [2.75, 3.05) is 17.2 Å². The van der Waals surface area contributed by atoms with Crippen LogP contribution in [0.3, 0.4) is 0 Å². The van der Waals surface area contributed by atoms with Gasteiger partial charge in [0.05, 0.1) is 0 Å². The van der Waals surface area contributed by atoms with Crippen molar-refractivity contribution < 1.29 is 9.59 Å². The van der Waals surface area contributed by atoms with Crippen LogP contribution in [-0.2, 0) is 4.79 Å². The summed E-state index contributed by atoms with van der Waals surface area (Å²) in [6.07, 6.45) is 1.37. The lowest BCUT2D eigenvalue weighted by atomic mass is 10.0. The number of hydrogen-bond acceptors (Lipinski definition) is 5. The number of carbonyl (C=O) groups excluding carboxylic acids is 2. The van der Waals surface area contributed by atoms with Gasteiger partial charge in [-0.3, -0.25) is 10.1 Å². The smallest absolute Gasteiger partial charge is 0.312 e. The minimum atomic E-state index is -0.548. The van der Waals surface area contributed by atoms with E-state index in [0.717, 1.165) is 12.0 Å². The molecule has 4 rings (SSSR count). The fourth-order valence-electron chi connectivity index (χ4n) is 3.60. The van der Waals surface area contributed by atoms with E-state index in [2.05, 4.69) is 34.7 Å². The number of anilines is 2. The third kappa shape index (κ3) is 5.08. The van der Waals surface area contributed by atoms with Gasteiger partial charge >= 0.3 is 6.03 Å². The summed E-state index contributed by atoms with van der Waals surface area (Å²) in [6, 6.07) is 14.2. The second kappa shape index (κ2) is 9.67. The molecule has 0 spiro atoms. The summed E-state index contributed by atoms with van der Waals surface area (Å²) < 4.78 is 0. The average Bonchev–Trinajstić information content (AvgIpc) is 3.44. The van der Waals surface area contributed by atoms with E-state index in [4.69, 9.17) is 11.6 Å². The lowest BCUT2D eigenvalue weighted by Gasteiger charge is -2.24. The van der Waals surface area contributed by atoms with E-state index in [0.29, 0.717) is 39.7 Å². The molecule has 0 aliphatic carbocycles. The molecule has 0 saturated carbocycles.